The molecule has 4 atom stereocenters. The number of ether oxygens (including phenoxy) is 3. The summed E-state index contributed by atoms with van der Waals surface area (Å²) in [5, 5.41) is 0. The van der Waals surface area contributed by atoms with Crippen LogP contribution in [0.1, 0.15) is 13.3 Å². The minimum atomic E-state index is -0.273. The van der Waals surface area contributed by atoms with E-state index in [4.69, 9.17) is 14.2 Å². The van der Waals surface area contributed by atoms with Gasteiger partial charge in [-0.2, -0.15) is 0 Å². The number of fused-ring (bicyclic) bond motifs is 2. The van der Waals surface area contributed by atoms with Crippen LogP contribution in [-0.4, -0.2) is 38.6 Å². The van der Waals surface area contributed by atoms with Crippen LogP contribution in [0.4, 0.5) is 0 Å². The van der Waals surface area contributed by atoms with Crippen molar-refractivity contribution in [3.05, 3.63) is 12.2 Å². The van der Waals surface area contributed by atoms with Crippen molar-refractivity contribution in [2.24, 2.45) is 5.92 Å². The molecule has 1 saturated carbocycles. The fourth-order valence-electron chi connectivity index (χ4n) is 3.05. The second-order valence-corrected chi connectivity index (χ2v) is 4.34. The van der Waals surface area contributed by atoms with Crippen LogP contribution in [0.15, 0.2) is 12.2 Å². The van der Waals surface area contributed by atoms with E-state index < -0.39 is 0 Å². The molecule has 1 aliphatic carbocycles. The molecule has 0 radical (unpaired) electrons. The molecule has 2 bridgehead atoms. The lowest BCUT2D eigenvalue weighted by Gasteiger charge is -2.30. The first-order chi connectivity index (χ1) is 6.64. The summed E-state index contributed by atoms with van der Waals surface area (Å²) in [5.74, 6) is 0.343. The summed E-state index contributed by atoms with van der Waals surface area (Å²) < 4.78 is 16.7. The van der Waals surface area contributed by atoms with Gasteiger partial charge in [-0.25, -0.2) is 0 Å². The van der Waals surface area contributed by atoms with E-state index >= 15 is 0 Å². The highest BCUT2D eigenvalue weighted by atomic mass is 16.6. The summed E-state index contributed by atoms with van der Waals surface area (Å²) in [6, 6.07) is 0. The molecule has 1 aliphatic heterocycles. The second kappa shape index (κ2) is 3.33. The van der Waals surface area contributed by atoms with Gasteiger partial charge in [-0.15, -0.1) is 0 Å². The predicted molar refractivity (Wildman–Crippen MR) is 53.2 cm³/mol. The lowest BCUT2D eigenvalue weighted by atomic mass is 9.97. The van der Waals surface area contributed by atoms with Crippen molar-refractivity contribution >= 4 is 0 Å². The van der Waals surface area contributed by atoms with Gasteiger partial charge in [0.05, 0.1) is 18.8 Å². The molecule has 1 saturated heterocycles. The summed E-state index contributed by atoms with van der Waals surface area (Å²) >= 11 is 0. The Kier molecular flexibility index (Phi) is 2.41. The standard InChI is InChI=1S/C11H18O3/c1-7-5-11(6-12-3)10(13-4)9(7)8(2)14-11/h8-10H,1,5-6H2,2-4H3/t8-,9?,10-,11?/m0/s1. The zero-order valence-corrected chi connectivity index (χ0v) is 9.08. The molecule has 80 valence electrons. The van der Waals surface area contributed by atoms with Gasteiger partial charge in [0.25, 0.3) is 0 Å². The molecule has 2 aliphatic rings. The first-order valence-corrected chi connectivity index (χ1v) is 5.02. The van der Waals surface area contributed by atoms with E-state index in [2.05, 4.69) is 13.5 Å². The van der Waals surface area contributed by atoms with Gasteiger partial charge in [0.15, 0.2) is 0 Å². The van der Waals surface area contributed by atoms with Crippen molar-refractivity contribution in [1.82, 2.24) is 0 Å². The maximum atomic E-state index is 5.95. The lowest BCUT2D eigenvalue weighted by molar-refractivity contribution is -0.121. The largest absolute Gasteiger partial charge is 0.382 e. The van der Waals surface area contributed by atoms with E-state index in [1.54, 1.807) is 14.2 Å². The van der Waals surface area contributed by atoms with Crippen molar-refractivity contribution < 1.29 is 14.2 Å². The average Bonchev–Trinajstić information content (AvgIpc) is 2.51. The van der Waals surface area contributed by atoms with Gasteiger partial charge in [-0.1, -0.05) is 12.2 Å². The maximum Gasteiger partial charge on any atom is 0.122 e. The van der Waals surface area contributed by atoms with Gasteiger partial charge >= 0.3 is 0 Å². The minimum absolute atomic E-state index is 0.116. The van der Waals surface area contributed by atoms with Crippen molar-refractivity contribution in [2.75, 3.05) is 20.8 Å². The van der Waals surface area contributed by atoms with Crippen LogP contribution in [-0.2, 0) is 14.2 Å². The van der Waals surface area contributed by atoms with Crippen molar-refractivity contribution in [1.29, 1.82) is 0 Å². The van der Waals surface area contributed by atoms with Crippen LogP contribution in [0, 0.1) is 5.92 Å². The summed E-state index contributed by atoms with van der Waals surface area (Å²) in [6.45, 7) is 6.77. The molecule has 3 nitrogen and oxygen atoms in total. The Labute approximate surface area is 85.0 Å². The molecule has 0 aromatic rings. The highest BCUT2D eigenvalue weighted by Crippen LogP contribution is 2.51. The van der Waals surface area contributed by atoms with Crippen molar-refractivity contribution in [3.63, 3.8) is 0 Å². The molecule has 3 heteroatoms. The fraction of sp³-hybridized carbons (Fsp3) is 0.818. The third-order valence-electron chi connectivity index (χ3n) is 3.41. The van der Waals surface area contributed by atoms with Gasteiger partial charge in [0, 0.05) is 26.6 Å². The van der Waals surface area contributed by atoms with E-state index in [-0.39, 0.29) is 17.8 Å². The van der Waals surface area contributed by atoms with E-state index in [9.17, 15) is 0 Å². The van der Waals surface area contributed by atoms with Crippen LogP contribution in [0.5, 0.6) is 0 Å². The Morgan fingerprint density at radius 2 is 2.29 bits per heavy atom. The Balaban J connectivity index is 2.27. The summed E-state index contributed by atoms with van der Waals surface area (Å²) in [5.41, 5.74) is 0.970. The normalized spacial score (nSPS) is 46.2. The summed E-state index contributed by atoms with van der Waals surface area (Å²) in [7, 11) is 3.44. The van der Waals surface area contributed by atoms with Crippen LogP contribution < -0.4 is 0 Å². The monoisotopic (exact) mass is 198 g/mol. The van der Waals surface area contributed by atoms with Gasteiger partial charge in [-0.3, -0.25) is 0 Å². The molecule has 0 amide bonds. The van der Waals surface area contributed by atoms with Crippen LogP contribution >= 0.6 is 0 Å². The Hall–Kier alpha value is -0.380. The Morgan fingerprint density at radius 3 is 2.79 bits per heavy atom. The summed E-state index contributed by atoms with van der Waals surface area (Å²) in [6.07, 6.45) is 1.19. The molecule has 0 N–H and O–H groups in total. The smallest absolute Gasteiger partial charge is 0.122 e. The molecule has 1 heterocycles. The number of hydrogen-bond acceptors (Lipinski definition) is 3. The van der Waals surface area contributed by atoms with E-state index in [0.717, 1.165) is 6.42 Å². The second-order valence-electron chi connectivity index (χ2n) is 4.34. The van der Waals surface area contributed by atoms with E-state index in [0.29, 0.717) is 12.5 Å². The molecule has 2 unspecified atom stereocenters. The topological polar surface area (TPSA) is 27.7 Å². The van der Waals surface area contributed by atoms with E-state index in [1.165, 1.54) is 5.57 Å². The molecule has 2 fully saturated rings. The first kappa shape index (κ1) is 10.1. The fourth-order valence-corrected chi connectivity index (χ4v) is 3.05. The molecule has 2 rings (SSSR count). The number of rotatable bonds is 3. The molecular weight excluding hydrogens is 180 g/mol. The summed E-state index contributed by atoms with van der Waals surface area (Å²) in [4.78, 5) is 0. The Morgan fingerprint density at radius 1 is 1.57 bits per heavy atom. The van der Waals surface area contributed by atoms with Crippen LogP contribution in [0.3, 0.4) is 0 Å². The van der Waals surface area contributed by atoms with Crippen LogP contribution in [0.25, 0.3) is 0 Å². The molecule has 0 aromatic carbocycles. The van der Waals surface area contributed by atoms with E-state index in [1.807, 2.05) is 0 Å². The van der Waals surface area contributed by atoms with Gasteiger partial charge in [0.2, 0.25) is 0 Å². The zero-order chi connectivity index (χ0) is 10.3. The quantitative estimate of drug-likeness (QED) is 0.641. The SMILES string of the molecule is C=C1CC2(COC)O[C@@H](C)C1[C@@H]2OC. The predicted octanol–water partition coefficient (Wildman–Crippen LogP) is 1.38. The maximum absolute atomic E-state index is 5.95. The van der Waals surface area contributed by atoms with Gasteiger partial charge in [-0.05, 0) is 6.92 Å². The highest BCUT2D eigenvalue weighted by Gasteiger charge is 2.60. The lowest BCUT2D eigenvalue weighted by Crippen LogP contribution is -2.42. The molecule has 0 aromatic heterocycles. The van der Waals surface area contributed by atoms with Gasteiger partial charge < -0.3 is 14.2 Å². The average molecular weight is 198 g/mol. The highest BCUT2D eigenvalue weighted by molar-refractivity contribution is 5.26. The zero-order valence-electron chi connectivity index (χ0n) is 9.08. The van der Waals surface area contributed by atoms with Crippen molar-refractivity contribution in [3.8, 4) is 0 Å². The Bertz CT molecular complexity index is 251. The number of hydrogen-bond donors (Lipinski definition) is 0. The number of methoxy groups -OCH3 is 2. The third kappa shape index (κ3) is 1.16. The minimum Gasteiger partial charge on any atom is -0.382 e. The third-order valence-corrected chi connectivity index (χ3v) is 3.41. The molecular formula is C11H18O3. The molecule has 14 heavy (non-hydrogen) atoms. The first-order valence-electron chi connectivity index (χ1n) is 5.02. The van der Waals surface area contributed by atoms with Crippen LogP contribution in [0.2, 0.25) is 0 Å². The van der Waals surface area contributed by atoms with Crippen molar-refractivity contribution in [2.45, 2.75) is 31.2 Å². The van der Waals surface area contributed by atoms with Gasteiger partial charge in [0.1, 0.15) is 5.60 Å². The molecule has 0 spiro atoms.